The molecule has 28 heavy (non-hydrogen) atoms. The standard InChI is InChI=1S/C18H17N3O6S/c1-12-5-7-15(8-6-12)28(26,27)20-16(9-10-17(20)22)18(23)19-13-3-2-4-14(11-13)21(24)25/h2-8,11,16H,9-10H2,1H3,(H,19,23)/t16-/m1/s1. The first-order valence-corrected chi connectivity index (χ1v) is 9.83. The quantitative estimate of drug-likeness (QED) is 0.602. The Hall–Kier alpha value is -3.27. The largest absolute Gasteiger partial charge is 0.324 e. The Morgan fingerprint density at radius 2 is 1.89 bits per heavy atom. The Kier molecular flexibility index (Phi) is 5.14. The second-order valence-electron chi connectivity index (χ2n) is 6.36. The fourth-order valence-corrected chi connectivity index (χ4v) is 4.55. The van der Waals surface area contributed by atoms with Gasteiger partial charge >= 0.3 is 0 Å². The van der Waals surface area contributed by atoms with E-state index in [0.717, 1.165) is 11.6 Å². The minimum absolute atomic E-state index is 0.0324. The minimum Gasteiger partial charge on any atom is -0.324 e. The van der Waals surface area contributed by atoms with E-state index in [1.165, 1.54) is 30.3 Å². The molecule has 1 atom stereocenters. The van der Waals surface area contributed by atoms with Gasteiger partial charge in [0.25, 0.3) is 15.7 Å². The first-order chi connectivity index (χ1) is 13.2. The van der Waals surface area contributed by atoms with Gasteiger partial charge in [0.2, 0.25) is 11.8 Å². The molecule has 1 fully saturated rings. The van der Waals surface area contributed by atoms with Crippen molar-refractivity contribution in [3.8, 4) is 0 Å². The normalized spacial score (nSPS) is 16.8. The van der Waals surface area contributed by atoms with Gasteiger partial charge < -0.3 is 5.32 Å². The molecule has 3 rings (SSSR count). The van der Waals surface area contributed by atoms with Crippen LogP contribution in [0.2, 0.25) is 0 Å². The van der Waals surface area contributed by atoms with Crippen LogP contribution in [0.4, 0.5) is 11.4 Å². The molecule has 0 bridgehead atoms. The van der Waals surface area contributed by atoms with E-state index in [-0.39, 0.29) is 29.1 Å². The summed E-state index contributed by atoms with van der Waals surface area (Å²) in [6, 6.07) is 10.0. The second kappa shape index (κ2) is 7.39. The molecule has 146 valence electrons. The number of nitro benzene ring substituents is 1. The summed E-state index contributed by atoms with van der Waals surface area (Å²) in [5, 5.41) is 13.3. The zero-order valence-corrected chi connectivity index (χ0v) is 15.7. The Bertz CT molecular complexity index is 1050. The molecule has 1 aliphatic rings. The molecule has 2 aromatic rings. The second-order valence-corrected chi connectivity index (χ2v) is 8.17. The third-order valence-corrected chi connectivity index (χ3v) is 6.21. The maximum absolute atomic E-state index is 12.9. The summed E-state index contributed by atoms with van der Waals surface area (Å²) in [6.45, 7) is 1.80. The smallest absolute Gasteiger partial charge is 0.271 e. The topological polar surface area (TPSA) is 127 Å². The zero-order valence-electron chi connectivity index (χ0n) is 14.9. The molecule has 1 heterocycles. The summed E-state index contributed by atoms with van der Waals surface area (Å²) >= 11 is 0. The van der Waals surface area contributed by atoms with Crippen molar-refractivity contribution in [1.29, 1.82) is 0 Å². The molecule has 0 aliphatic carbocycles. The number of carbonyl (C=O) groups is 2. The van der Waals surface area contributed by atoms with Crippen LogP contribution in [0.5, 0.6) is 0 Å². The van der Waals surface area contributed by atoms with Crippen LogP contribution in [0, 0.1) is 17.0 Å². The molecular formula is C18H17N3O6S. The molecule has 1 saturated heterocycles. The Labute approximate surface area is 161 Å². The summed E-state index contributed by atoms with van der Waals surface area (Å²) in [7, 11) is -4.20. The van der Waals surface area contributed by atoms with Crippen LogP contribution in [0.25, 0.3) is 0 Å². The minimum atomic E-state index is -4.20. The van der Waals surface area contributed by atoms with Crippen LogP contribution in [0.15, 0.2) is 53.4 Å². The van der Waals surface area contributed by atoms with Gasteiger partial charge in [-0.25, -0.2) is 12.7 Å². The highest BCUT2D eigenvalue weighted by Crippen LogP contribution is 2.28. The van der Waals surface area contributed by atoms with Crippen molar-refractivity contribution in [3.05, 3.63) is 64.2 Å². The van der Waals surface area contributed by atoms with Crippen molar-refractivity contribution in [3.63, 3.8) is 0 Å². The number of amides is 2. The lowest BCUT2D eigenvalue weighted by atomic mass is 10.2. The lowest BCUT2D eigenvalue weighted by Crippen LogP contribution is -2.45. The molecule has 2 aromatic carbocycles. The molecule has 1 aliphatic heterocycles. The molecule has 0 radical (unpaired) electrons. The molecule has 0 unspecified atom stereocenters. The van der Waals surface area contributed by atoms with Gasteiger partial charge in [0, 0.05) is 24.2 Å². The Morgan fingerprint density at radius 3 is 2.54 bits per heavy atom. The summed E-state index contributed by atoms with van der Waals surface area (Å²) in [4.78, 5) is 35.1. The highest BCUT2D eigenvalue weighted by Gasteiger charge is 2.44. The number of sulfonamides is 1. The molecule has 0 saturated carbocycles. The Balaban J connectivity index is 1.87. The van der Waals surface area contributed by atoms with Crippen LogP contribution in [0.3, 0.4) is 0 Å². The van der Waals surface area contributed by atoms with Gasteiger partial charge in [-0.15, -0.1) is 0 Å². The Morgan fingerprint density at radius 1 is 1.21 bits per heavy atom. The van der Waals surface area contributed by atoms with Crippen LogP contribution in [0.1, 0.15) is 18.4 Å². The molecule has 2 amide bonds. The summed E-state index contributed by atoms with van der Waals surface area (Å²) in [5.74, 6) is -1.39. The molecular weight excluding hydrogens is 386 g/mol. The molecule has 1 N–H and O–H groups in total. The number of non-ortho nitro benzene ring substituents is 1. The molecule has 0 aromatic heterocycles. The van der Waals surface area contributed by atoms with Crippen LogP contribution in [-0.4, -0.2) is 35.5 Å². The van der Waals surface area contributed by atoms with E-state index in [1.807, 2.05) is 0 Å². The van der Waals surface area contributed by atoms with Crippen molar-refractivity contribution in [2.24, 2.45) is 0 Å². The van der Waals surface area contributed by atoms with Crippen LogP contribution >= 0.6 is 0 Å². The number of nitro groups is 1. The SMILES string of the molecule is Cc1ccc(S(=O)(=O)N2C(=O)CC[C@@H]2C(=O)Nc2cccc([N+](=O)[O-])c2)cc1. The van der Waals surface area contributed by atoms with E-state index in [9.17, 15) is 28.1 Å². The molecule has 9 nitrogen and oxygen atoms in total. The average Bonchev–Trinajstić information content (AvgIpc) is 3.05. The number of benzene rings is 2. The summed E-state index contributed by atoms with van der Waals surface area (Å²) in [5.41, 5.74) is 0.780. The fourth-order valence-electron chi connectivity index (χ4n) is 2.95. The van der Waals surface area contributed by atoms with E-state index >= 15 is 0 Å². The fraction of sp³-hybridized carbons (Fsp3) is 0.222. The highest BCUT2D eigenvalue weighted by molar-refractivity contribution is 7.89. The van der Waals surface area contributed by atoms with Gasteiger partial charge in [-0.3, -0.25) is 19.7 Å². The van der Waals surface area contributed by atoms with Gasteiger partial charge in [-0.05, 0) is 31.5 Å². The third kappa shape index (κ3) is 3.72. The van der Waals surface area contributed by atoms with E-state index in [0.29, 0.717) is 4.31 Å². The van der Waals surface area contributed by atoms with Gasteiger partial charge in [0.05, 0.1) is 9.82 Å². The first-order valence-electron chi connectivity index (χ1n) is 8.39. The van der Waals surface area contributed by atoms with Crippen LogP contribution in [-0.2, 0) is 19.6 Å². The van der Waals surface area contributed by atoms with Crippen molar-refractivity contribution in [2.75, 3.05) is 5.32 Å². The number of anilines is 1. The van der Waals surface area contributed by atoms with E-state index in [1.54, 1.807) is 19.1 Å². The van der Waals surface area contributed by atoms with E-state index < -0.39 is 32.8 Å². The number of hydrogen-bond donors (Lipinski definition) is 1. The lowest BCUT2D eigenvalue weighted by Gasteiger charge is -2.23. The maximum Gasteiger partial charge on any atom is 0.271 e. The van der Waals surface area contributed by atoms with Crippen molar-refractivity contribution < 1.29 is 22.9 Å². The highest BCUT2D eigenvalue weighted by atomic mass is 32.2. The lowest BCUT2D eigenvalue weighted by molar-refractivity contribution is -0.384. The van der Waals surface area contributed by atoms with Gasteiger partial charge in [0.15, 0.2) is 0 Å². The van der Waals surface area contributed by atoms with Crippen molar-refractivity contribution in [1.82, 2.24) is 4.31 Å². The van der Waals surface area contributed by atoms with Crippen molar-refractivity contribution in [2.45, 2.75) is 30.7 Å². The predicted octanol–water partition coefficient (Wildman–Crippen LogP) is 2.22. The number of nitrogens with one attached hydrogen (secondary N) is 1. The van der Waals surface area contributed by atoms with E-state index in [2.05, 4.69) is 5.32 Å². The monoisotopic (exact) mass is 403 g/mol. The number of aryl methyl sites for hydroxylation is 1. The van der Waals surface area contributed by atoms with Gasteiger partial charge in [-0.1, -0.05) is 23.8 Å². The zero-order chi connectivity index (χ0) is 20.5. The molecule has 10 heteroatoms. The van der Waals surface area contributed by atoms with Gasteiger partial charge in [-0.2, -0.15) is 0 Å². The maximum atomic E-state index is 12.9. The number of carbonyl (C=O) groups excluding carboxylic acids is 2. The average molecular weight is 403 g/mol. The molecule has 0 spiro atoms. The first kappa shape index (κ1) is 19.5. The summed E-state index contributed by atoms with van der Waals surface area (Å²) in [6.07, 6.45) is -0.0528. The summed E-state index contributed by atoms with van der Waals surface area (Å²) < 4.78 is 26.4. The van der Waals surface area contributed by atoms with Gasteiger partial charge in [0.1, 0.15) is 6.04 Å². The number of rotatable bonds is 5. The van der Waals surface area contributed by atoms with E-state index in [4.69, 9.17) is 0 Å². The number of hydrogen-bond acceptors (Lipinski definition) is 6. The van der Waals surface area contributed by atoms with Crippen LogP contribution < -0.4 is 5.32 Å². The van der Waals surface area contributed by atoms with Crippen molar-refractivity contribution >= 4 is 33.2 Å². The third-order valence-electron chi connectivity index (χ3n) is 4.37. The number of nitrogens with zero attached hydrogens (tertiary/aromatic N) is 2. The predicted molar refractivity (Wildman–Crippen MR) is 100.0 cm³/mol.